The molecule has 6 nitrogen and oxygen atoms in total. The number of benzene rings is 2. The Morgan fingerprint density at radius 2 is 2.19 bits per heavy atom. The summed E-state index contributed by atoms with van der Waals surface area (Å²) >= 11 is 7.98. The van der Waals surface area contributed by atoms with E-state index in [0.29, 0.717) is 21.7 Å². The highest BCUT2D eigenvalue weighted by atomic mass is 35.5. The van der Waals surface area contributed by atoms with E-state index >= 15 is 0 Å². The fourth-order valence-corrected chi connectivity index (χ4v) is 4.29. The average Bonchev–Trinajstić information content (AvgIpc) is 2.80. The molecule has 0 spiro atoms. The lowest BCUT2D eigenvalue weighted by molar-refractivity contribution is 0.0274. The largest absolute Gasteiger partial charge is 0.487 e. The molecule has 0 aliphatic carbocycles. The van der Waals surface area contributed by atoms with Gasteiger partial charge in [-0.05, 0) is 48.4 Å². The Hall–Kier alpha value is -2.39. The number of rotatable bonds is 9. The zero-order valence-corrected chi connectivity index (χ0v) is 19.0. The van der Waals surface area contributed by atoms with Crippen molar-refractivity contribution >= 4 is 34.9 Å². The highest BCUT2D eigenvalue weighted by Gasteiger charge is 2.13. The van der Waals surface area contributed by atoms with Crippen LogP contribution in [0.25, 0.3) is 0 Å². The molecule has 1 unspecified atom stereocenters. The molecular weight excluding hydrogens is 451 g/mol. The molecule has 32 heavy (non-hydrogen) atoms. The first-order valence-corrected chi connectivity index (χ1v) is 11.7. The van der Waals surface area contributed by atoms with E-state index < -0.39 is 0 Å². The Labute approximate surface area is 195 Å². The smallest absolute Gasteiger partial charge is 0.189 e. The Balaban J connectivity index is 1.30. The van der Waals surface area contributed by atoms with Gasteiger partial charge in [0, 0.05) is 30.7 Å². The van der Waals surface area contributed by atoms with E-state index in [1.807, 2.05) is 6.07 Å². The summed E-state index contributed by atoms with van der Waals surface area (Å²) < 4.78 is 24.7. The minimum atomic E-state index is -0.293. The van der Waals surface area contributed by atoms with Gasteiger partial charge < -0.3 is 20.1 Å². The molecule has 2 heterocycles. The monoisotopic (exact) mass is 474 g/mol. The zero-order chi connectivity index (χ0) is 22.2. The van der Waals surface area contributed by atoms with Crippen molar-refractivity contribution in [3.05, 3.63) is 71.1 Å². The van der Waals surface area contributed by atoms with Gasteiger partial charge in [-0.2, -0.15) is 0 Å². The van der Waals surface area contributed by atoms with Gasteiger partial charge in [-0.15, -0.1) is 0 Å². The van der Waals surface area contributed by atoms with Crippen LogP contribution in [0.3, 0.4) is 0 Å². The number of halogens is 2. The summed E-state index contributed by atoms with van der Waals surface area (Å²) in [7, 11) is 0. The molecule has 0 amide bonds. The van der Waals surface area contributed by atoms with E-state index in [4.69, 9.17) is 21.1 Å². The van der Waals surface area contributed by atoms with E-state index in [0.717, 1.165) is 43.1 Å². The predicted molar refractivity (Wildman–Crippen MR) is 125 cm³/mol. The molecule has 0 saturated carbocycles. The first-order chi connectivity index (χ1) is 15.7. The number of thioether (sulfide) groups is 1. The van der Waals surface area contributed by atoms with Gasteiger partial charge in [-0.1, -0.05) is 35.5 Å². The van der Waals surface area contributed by atoms with Crippen molar-refractivity contribution < 1.29 is 13.9 Å². The number of ether oxygens (including phenoxy) is 2. The van der Waals surface area contributed by atoms with Crippen LogP contribution in [0.4, 0.5) is 15.9 Å². The van der Waals surface area contributed by atoms with Gasteiger partial charge in [0.2, 0.25) is 0 Å². The van der Waals surface area contributed by atoms with Crippen molar-refractivity contribution in [2.75, 3.05) is 30.8 Å². The summed E-state index contributed by atoms with van der Waals surface area (Å²) in [5.41, 5.74) is 1.52. The molecule has 9 heteroatoms. The van der Waals surface area contributed by atoms with E-state index in [-0.39, 0.29) is 18.5 Å². The summed E-state index contributed by atoms with van der Waals surface area (Å²) in [5, 5.41) is 7.74. The fourth-order valence-electron chi connectivity index (χ4n) is 3.20. The van der Waals surface area contributed by atoms with Gasteiger partial charge in [0.1, 0.15) is 24.0 Å². The zero-order valence-electron chi connectivity index (χ0n) is 17.4. The number of anilines is 2. The van der Waals surface area contributed by atoms with Gasteiger partial charge in [0.05, 0.1) is 17.7 Å². The van der Waals surface area contributed by atoms with E-state index in [1.54, 1.807) is 48.3 Å². The van der Waals surface area contributed by atoms with Crippen molar-refractivity contribution in [3.63, 3.8) is 0 Å². The standard InChI is InChI=1S/C23H24ClFN4O2S/c24-20-13-18(4-5-21(20)31-15-16-2-1-3-17(25)12-16)28-22-6-8-27-23(29-22)32-11-7-19-14-26-9-10-30-19/h1-6,8,12-13,19,26H,7,9-11,14-15H2,(H,27,28,29). The van der Waals surface area contributed by atoms with Crippen molar-refractivity contribution in [3.8, 4) is 5.75 Å². The van der Waals surface area contributed by atoms with Gasteiger partial charge in [0.25, 0.3) is 0 Å². The van der Waals surface area contributed by atoms with Crippen LogP contribution in [0, 0.1) is 5.82 Å². The second kappa shape index (κ2) is 11.5. The third-order valence-corrected chi connectivity index (χ3v) is 5.99. The van der Waals surface area contributed by atoms with Crippen LogP contribution in [0.5, 0.6) is 5.75 Å². The van der Waals surface area contributed by atoms with Crippen LogP contribution in [-0.2, 0) is 11.3 Å². The van der Waals surface area contributed by atoms with Crippen LogP contribution in [0.1, 0.15) is 12.0 Å². The second-order valence-corrected chi connectivity index (χ2v) is 8.72. The number of morpholine rings is 1. The molecule has 2 aromatic carbocycles. The molecule has 1 aliphatic heterocycles. The second-order valence-electron chi connectivity index (χ2n) is 7.25. The normalized spacial score (nSPS) is 16.0. The summed E-state index contributed by atoms with van der Waals surface area (Å²) in [6.45, 7) is 2.82. The Kier molecular flexibility index (Phi) is 8.17. The molecule has 1 saturated heterocycles. The Morgan fingerprint density at radius 3 is 3.00 bits per heavy atom. The maximum absolute atomic E-state index is 13.3. The predicted octanol–water partition coefficient (Wildman–Crippen LogP) is 5.06. The number of hydrogen-bond donors (Lipinski definition) is 2. The van der Waals surface area contributed by atoms with Crippen molar-refractivity contribution in [1.82, 2.24) is 15.3 Å². The van der Waals surface area contributed by atoms with Crippen molar-refractivity contribution in [2.45, 2.75) is 24.3 Å². The first kappa shape index (κ1) is 22.8. The number of nitrogens with one attached hydrogen (secondary N) is 2. The Morgan fingerprint density at radius 1 is 1.25 bits per heavy atom. The molecule has 3 aromatic rings. The lowest BCUT2D eigenvalue weighted by atomic mass is 10.2. The van der Waals surface area contributed by atoms with Crippen molar-refractivity contribution in [2.24, 2.45) is 0 Å². The van der Waals surface area contributed by atoms with E-state index in [2.05, 4.69) is 20.6 Å². The molecule has 1 atom stereocenters. The lowest BCUT2D eigenvalue weighted by Gasteiger charge is -2.23. The first-order valence-electron chi connectivity index (χ1n) is 10.4. The van der Waals surface area contributed by atoms with Crippen LogP contribution in [-0.4, -0.2) is 41.5 Å². The minimum Gasteiger partial charge on any atom is -0.487 e. The van der Waals surface area contributed by atoms with Crippen LogP contribution in [0.15, 0.2) is 59.9 Å². The lowest BCUT2D eigenvalue weighted by Crippen LogP contribution is -2.38. The van der Waals surface area contributed by atoms with Crippen molar-refractivity contribution in [1.29, 1.82) is 0 Å². The molecule has 1 aliphatic rings. The summed E-state index contributed by atoms with van der Waals surface area (Å²) in [4.78, 5) is 8.90. The maximum atomic E-state index is 13.3. The molecule has 1 aromatic heterocycles. The summed E-state index contributed by atoms with van der Waals surface area (Å²) in [6.07, 6.45) is 2.93. The third-order valence-electron chi connectivity index (χ3n) is 4.80. The van der Waals surface area contributed by atoms with E-state index in [1.165, 1.54) is 12.1 Å². The van der Waals surface area contributed by atoms with Gasteiger partial charge in [-0.3, -0.25) is 0 Å². The number of aromatic nitrogens is 2. The molecule has 0 bridgehead atoms. The van der Waals surface area contributed by atoms with Gasteiger partial charge in [0.15, 0.2) is 5.16 Å². The summed E-state index contributed by atoms with van der Waals surface area (Å²) in [6, 6.07) is 13.5. The maximum Gasteiger partial charge on any atom is 0.189 e. The number of nitrogens with zero attached hydrogens (tertiary/aromatic N) is 2. The fraction of sp³-hybridized carbons (Fsp3) is 0.304. The molecule has 4 rings (SSSR count). The molecule has 1 fully saturated rings. The highest BCUT2D eigenvalue weighted by Crippen LogP contribution is 2.30. The van der Waals surface area contributed by atoms with Gasteiger partial charge in [-0.25, -0.2) is 14.4 Å². The van der Waals surface area contributed by atoms with Crippen LogP contribution in [0.2, 0.25) is 5.02 Å². The highest BCUT2D eigenvalue weighted by molar-refractivity contribution is 7.99. The quantitative estimate of drug-likeness (QED) is 0.332. The van der Waals surface area contributed by atoms with Gasteiger partial charge >= 0.3 is 0 Å². The van der Waals surface area contributed by atoms with Crippen LogP contribution >= 0.6 is 23.4 Å². The van der Waals surface area contributed by atoms with E-state index in [9.17, 15) is 4.39 Å². The molecule has 2 N–H and O–H groups in total. The van der Waals surface area contributed by atoms with Crippen LogP contribution < -0.4 is 15.4 Å². The SMILES string of the molecule is Fc1cccc(COc2ccc(Nc3ccnc(SCCC4CNCCO4)n3)cc2Cl)c1. The average molecular weight is 475 g/mol. The number of hydrogen-bond acceptors (Lipinski definition) is 7. The summed E-state index contributed by atoms with van der Waals surface area (Å²) in [5.74, 6) is 1.81. The minimum absolute atomic E-state index is 0.235. The third kappa shape index (κ3) is 6.80. The Bertz CT molecular complexity index is 1040. The topological polar surface area (TPSA) is 68.3 Å². The molecule has 168 valence electrons. The molecule has 0 radical (unpaired) electrons. The molecular formula is C23H24ClFN4O2S.